The van der Waals surface area contributed by atoms with Gasteiger partial charge in [0.05, 0.1) is 0 Å². The van der Waals surface area contributed by atoms with Crippen molar-refractivity contribution in [3.63, 3.8) is 0 Å². The number of fused-ring (bicyclic) bond motifs is 1. The molecule has 0 spiro atoms. The Morgan fingerprint density at radius 1 is 1.23 bits per heavy atom. The fraction of sp³-hybridized carbons (Fsp3) is 0.565. The molecule has 0 bridgehead atoms. The van der Waals surface area contributed by atoms with Crippen molar-refractivity contribution < 1.29 is 26.4 Å². The molecule has 0 radical (unpaired) electrons. The molecule has 39 heavy (non-hydrogen) atoms. The molecular formula is C23H27F3N8O3S2. The number of hydrogen-bond acceptors (Lipinski definition) is 8. The van der Waals surface area contributed by atoms with Gasteiger partial charge in [0.1, 0.15) is 33.9 Å². The van der Waals surface area contributed by atoms with E-state index in [0.717, 1.165) is 17.7 Å². The SMILES string of the molecule is Cn1nc(C(F)F)cc1Nc1nncn1[C@H]1CCc2sc(NC(=O)C3CC3)c(S(=O)(=O)NC3CC(F)C3)c2C1. The Morgan fingerprint density at radius 3 is 2.67 bits per heavy atom. The third kappa shape index (κ3) is 5.16. The number of carbonyl (C=O) groups is 1. The van der Waals surface area contributed by atoms with Crippen molar-refractivity contribution in [3.05, 3.63) is 28.5 Å². The largest absolute Gasteiger partial charge is 0.316 e. The van der Waals surface area contributed by atoms with Crippen molar-refractivity contribution in [2.45, 2.75) is 74.5 Å². The number of amides is 1. The number of thiophene rings is 1. The third-order valence-corrected chi connectivity index (χ3v) is 10.3. The van der Waals surface area contributed by atoms with Gasteiger partial charge in [-0.05, 0) is 50.5 Å². The smallest absolute Gasteiger partial charge is 0.282 e. The van der Waals surface area contributed by atoms with E-state index in [1.54, 1.807) is 4.57 Å². The molecule has 0 aromatic carbocycles. The zero-order valence-corrected chi connectivity index (χ0v) is 22.5. The Kier molecular flexibility index (Phi) is 6.66. The molecule has 3 aromatic heterocycles. The predicted octanol–water partition coefficient (Wildman–Crippen LogP) is 3.61. The van der Waals surface area contributed by atoms with Crippen molar-refractivity contribution in [1.29, 1.82) is 0 Å². The number of carbonyl (C=O) groups excluding carboxylic acids is 1. The third-order valence-electron chi connectivity index (χ3n) is 7.37. The molecule has 3 aliphatic rings. The highest BCUT2D eigenvalue weighted by Crippen LogP contribution is 2.45. The van der Waals surface area contributed by atoms with Crippen LogP contribution in [0.15, 0.2) is 17.3 Å². The molecular weight excluding hydrogens is 557 g/mol. The van der Waals surface area contributed by atoms with Gasteiger partial charge in [-0.3, -0.25) is 14.0 Å². The zero-order chi connectivity index (χ0) is 27.5. The Labute approximate surface area is 226 Å². The number of halogens is 3. The van der Waals surface area contributed by atoms with E-state index in [4.69, 9.17) is 0 Å². The molecule has 3 N–H and O–H groups in total. The summed E-state index contributed by atoms with van der Waals surface area (Å²) in [4.78, 5) is 13.5. The molecule has 16 heteroatoms. The van der Waals surface area contributed by atoms with Crippen molar-refractivity contribution in [2.75, 3.05) is 10.6 Å². The van der Waals surface area contributed by atoms with E-state index in [1.165, 1.54) is 35.5 Å². The summed E-state index contributed by atoms with van der Waals surface area (Å²) in [6, 6.07) is 0.500. The number of rotatable bonds is 9. The van der Waals surface area contributed by atoms with E-state index in [-0.39, 0.29) is 46.3 Å². The van der Waals surface area contributed by atoms with Gasteiger partial charge in [-0.1, -0.05) is 0 Å². The van der Waals surface area contributed by atoms with Crippen LogP contribution in [0.25, 0.3) is 0 Å². The highest BCUT2D eigenvalue weighted by atomic mass is 32.2. The van der Waals surface area contributed by atoms with E-state index in [9.17, 15) is 26.4 Å². The summed E-state index contributed by atoms with van der Waals surface area (Å²) >= 11 is 1.27. The van der Waals surface area contributed by atoms with E-state index in [0.29, 0.717) is 36.6 Å². The van der Waals surface area contributed by atoms with Crippen molar-refractivity contribution in [1.82, 2.24) is 29.3 Å². The van der Waals surface area contributed by atoms with Gasteiger partial charge < -0.3 is 10.6 Å². The fourth-order valence-corrected chi connectivity index (χ4v) is 8.29. The minimum Gasteiger partial charge on any atom is -0.316 e. The van der Waals surface area contributed by atoms with Crippen LogP contribution in [0.4, 0.5) is 29.9 Å². The van der Waals surface area contributed by atoms with Crippen LogP contribution in [0.2, 0.25) is 0 Å². The van der Waals surface area contributed by atoms with Crippen LogP contribution < -0.4 is 15.4 Å². The second-order valence-electron chi connectivity index (χ2n) is 10.3. The average Bonchev–Trinajstić information content (AvgIpc) is 3.34. The highest BCUT2D eigenvalue weighted by molar-refractivity contribution is 7.90. The Bertz CT molecular complexity index is 1510. The van der Waals surface area contributed by atoms with Crippen LogP contribution in [0.5, 0.6) is 0 Å². The molecule has 2 saturated carbocycles. The van der Waals surface area contributed by atoms with Crippen LogP contribution >= 0.6 is 11.3 Å². The number of alkyl halides is 3. The first-order valence-corrected chi connectivity index (χ1v) is 15.0. The quantitative estimate of drug-likeness (QED) is 0.350. The average molecular weight is 585 g/mol. The molecule has 210 valence electrons. The number of sulfonamides is 1. The van der Waals surface area contributed by atoms with E-state index >= 15 is 0 Å². The number of nitrogens with zero attached hydrogens (tertiary/aromatic N) is 5. The maximum absolute atomic E-state index is 13.6. The molecule has 1 amide bonds. The fourth-order valence-electron chi connectivity index (χ4n) is 5.05. The Morgan fingerprint density at radius 2 is 2.00 bits per heavy atom. The second kappa shape index (κ2) is 9.89. The van der Waals surface area contributed by atoms with Gasteiger partial charge in [-0.2, -0.15) is 5.10 Å². The molecule has 11 nitrogen and oxygen atoms in total. The number of nitrogens with one attached hydrogen (secondary N) is 3. The Balaban J connectivity index is 1.30. The lowest BCUT2D eigenvalue weighted by Gasteiger charge is -2.30. The van der Waals surface area contributed by atoms with Gasteiger partial charge in [-0.15, -0.1) is 21.5 Å². The molecule has 3 heterocycles. The van der Waals surface area contributed by atoms with Gasteiger partial charge in [0.25, 0.3) is 6.43 Å². The first-order chi connectivity index (χ1) is 18.6. The molecule has 0 saturated heterocycles. The van der Waals surface area contributed by atoms with Gasteiger partial charge in [0.2, 0.25) is 21.9 Å². The molecule has 0 aliphatic heterocycles. The van der Waals surface area contributed by atoms with E-state index < -0.39 is 28.7 Å². The summed E-state index contributed by atoms with van der Waals surface area (Å²) in [6.07, 6.45) is 1.07. The number of hydrogen-bond donors (Lipinski definition) is 3. The minimum absolute atomic E-state index is 0.0410. The van der Waals surface area contributed by atoms with Gasteiger partial charge in [0, 0.05) is 36.0 Å². The summed E-state index contributed by atoms with van der Waals surface area (Å²) in [7, 11) is -2.52. The van der Waals surface area contributed by atoms with E-state index in [2.05, 4.69) is 30.7 Å². The number of aryl methyl sites for hydroxylation is 2. The molecule has 6 rings (SSSR count). The minimum atomic E-state index is -4.05. The van der Waals surface area contributed by atoms with E-state index in [1.807, 2.05) is 0 Å². The summed E-state index contributed by atoms with van der Waals surface area (Å²) in [5, 5.41) is 18.0. The molecule has 3 aromatic rings. The monoisotopic (exact) mass is 584 g/mol. The van der Waals surface area contributed by atoms with Crippen LogP contribution in [-0.4, -0.2) is 51.1 Å². The lowest BCUT2D eigenvalue weighted by Crippen LogP contribution is -2.45. The van der Waals surface area contributed by atoms with Crippen LogP contribution in [-0.2, 0) is 34.7 Å². The van der Waals surface area contributed by atoms with Gasteiger partial charge in [-0.25, -0.2) is 26.3 Å². The van der Waals surface area contributed by atoms with Crippen molar-refractivity contribution >= 4 is 44.0 Å². The molecule has 3 aliphatic carbocycles. The molecule has 2 fully saturated rings. The second-order valence-corrected chi connectivity index (χ2v) is 13.0. The standard InChI is InChI=1S/C23H27F3N8O3S2/c1-33-18(9-16(31-33)20(25)26)28-23-30-27-10-34(23)14-4-5-17-15(8-14)19(22(38-17)29-21(35)11-2-3-11)39(36,37)32-13-6-12(24)7-13/h9-14,20,32H,2-8H2,1H3,(H,28,30)(H,29,35)/t12?,13?,14-/m0/s1. The molecule has 1 atom stereocenters. The highest BCUT2D eigenvalue weighted by Gasteiger charge is 2.39. The predicted molar refractivity (Wildman–Crippen MR) is 136 cm³/mol. The summed E-state index contributed by atoms with van der Waals surface area (Å²) in [5.74, 6) is 0.299. The summed E-state index contributed by atoms with van der Waals surface area (Å²) in [6.45, 7) is 0. The van der Waals surface area contributed by atoms with Crippen LogP contribution in [0, 0.1) is 5.92 Å². The maximum Gasteiger partial charge on any atom is 0.282 e. The van der Waals surface area contributed by atoms with Crippen molar-refractivity contribution in [2.24, 2.45) is 13.0 Å². The molecule has 0 unspecified atom stereocenters. The van der Waals surface area contributed by atoms with Crippen LogP contribution in [0.3, 0.4) is 0 Å². The number of anilines is 3. The number of aromatic nitrogens is 5. The van der Waals surface area contributed by atoms with Crippen LogP contribution in [0.1, 0.15) is 60.7 Å². The first kappa shape index (κ1) is 26.3. The topological polar surface area (TPSA) is 136 Å². The normalized spacial score (nSPS) is 22.9. The maximum atomic E-state index is 13.6. The van der Waals surface area contributed by atoms with Gasteiger partial charge >= 0.3 is 0 Å². The first-order valence-electron chi connectivity index (χ1n) is 12.7. The van der Waals surface area contributed by atoms with Gasteiger partial charge in [0.15, 0.2) is 0 Å². The summed E-state index contributed by atoms with van der Waals surface area (Å²) in [5.41, 5.74) is 0.228. The lowest BCUT2D eigenvalue weighted by molar-refractivity contribution is -0.117. The lowest BCUT2D eigenvalue weighted by atomic mass is 9.92. The zero-order valence-electron chi connectivity index (χ0n) is 20.9. The summed E-state index contributed by atoms with van der Waals surface area (Å²) < 4.78 is 72.4. The Hall–Kier alpha value is -2.98. The van der Waals surface area contributed by atoms with Crippen molar-refractivity contribution in [3.8, 4) is 0 Å².